The third-order valence-corrected chi connectivity index (χ3v) is 3.38. The van der Waals surface area contributed by atoms with Crippen LogP contribution in [0, 0.1) is 13.8 Å². The van der Waals surface area contributed by atoms with Crippen LogP contribution in [0.3, 0.4) is 0 Å². The summed E-state index contributed by atoms with van der Waals surface area (Å²) >= 11 is 0. The Labute approximate surface area is 124 Å². The lowest BCUT2D eigenvalue weighted by Gasteiger charge is -2.18. The van der Waals surface area contributed by atoms with Crippen LogP contribution in [0.1, 0.15) is 31.0 Å². The van der Waals surface area contributed by atoms with E-state index < -0.39 is 0 Å². The van der Waals surface area contributed by atoms with Gasteiger partial charge in [-0.3, -0.25) is 4.79 Å². The fourth-order valence-corrected chi connectivity index (χ4v) is 2.42. The molecule has 0 saturated carbocycles. The van der Waals surface area contributed by atoms with Gasteiger partial charge in [0, 0.05) is 12.7 Å². The molecule has 2 N–H and O–H groups in total. The molecule has 2 rings (SSSR count). The van der Waals surface area contributed by atoms with Gasteiger partial charge >= 0.3 is 0 Å². The number of rotatable bonds is 5. The van der Waals surface area contributed by atoms with Crippen LogP contribution in [-0.2, 0) is 4.79 Å². The zero-order chi connectivity index (χ0) is 15.4. The van der Waals surface area contributed by atoms with Crippen molar-refractivity contribution in [2.75, 3.05) is 12.4 Å². The monoisotopic (exact) mass is 287 g/mol. The second-order valence-electron chi connectivity index (χ2n) is 5.10. The van der Waals surface area contributed by atoms with Gasteiger partial charge in [0.2, 0.25) is 5.91 Å². The summed E-state index contributed by atoms with van der Waals surface area (Å²) < 4.78 is 0. The van der Waals surface area contributed by atoms with Crippen LogP contribution >= 0.6 is 0 Å². The maximum absolute atomic E-state index is 11.9. The number of aryl methyl sites for hydroxylation is 2. The van der Waals surface area contributed by atoms with E-state index in [0.29, 0.717) is 11.5 Å². The Morgan fingerprint density at radius 2 is 2.10 bits per heavy atom. The summed E-state index contributed by atoms with van der Waals surface area (Å²) in [5, 5.41) is 6.78. The third kappa shape index (κ3) is 3.26. The average molecular weight is 287 g/mol. The van der Waals surface area contributed by atoms with Crippen LogP contribution in [-0.4, -0.2) is 33.9 Å². The van der Waals surface area contributed by atoms with Crippen LogP contribution in [0.5, 0.6) is 0 Å². The van der Waals surface area contributed by atoms with Crippen molar-refractivity contribution in [1.29, 1.82) is 0 Å². The first-order valence-electron chi connectivity index (χ1n) is 7.14. The normalized spacial score (nSPS) is 12.2. The molecule has 0 saturated heterocycles. The van der Waals surface area contributed by atoms with E-state index in [2.05, 4.69) is 25.6 Å². The Bertz CT molecular complexity index is 656. The lowest BCUT2D eigenvalue weighted by molar-refractivity contribution is -0.121. The van der Waals surface area contributed by atoms with Crippen molar-refractivity contribution in [3.8, 4) is 0 Å². The molecule has 0 aliphatic carbocycles. The zero-order valence-electron chi connectivity index (χ0n) is 12.9. The Morgan fingerprint density at radius 1 is 1.33 bits per heavy atom. The second kappa shape index (κ2) is 6.47. The van der Waals surface area contributed by atoms with Gasteiger partial charge in [-0.25, -0.2) is 15.0 Å². The Morgan fingerprint density at radius 3 is 2.76 bits per heavy atom. The van der Waals surface area contributed by atoms with E-state index in [4.69, 9.17) is 0 Å². The maximum Gasteiger partial charge on any atom is 0.242 e. The molecular formula is C15H21N5O. The number of amides is 1. The Kier molecular flexibility index (Phi) is 4.67. The van der Waals surface area contributed by atoms with E-state index >= 15 is 0 Å². The van der Waals surface area contributed by atoms with E-state index in [0.717, 1.165) is 29.5 Å². The summed E-state index contributed by atoms with van der Waals surface area (Å²) in [6.07, 6.45) is 3.12. The van der Waals surface area contributed by atoms with Crippen LogP contribution in [0.25, 0.3) is 11.0 Å². The van der Waals surface area contributed by atoms with Gasteiger partial charge in [-0.05, 0) is 31.9 Å². The van der Waals surface area contributed by atoms with Crippen molar-refractivity contribution in [3.63, 3.8) is 0 Å². The Hall–Kier alpha value is -2.24. The molecule has 112 valence electrons. The highest BCUT2D eigenvalue weighted by Gasteiger charge is 2.18. The molecule has 6 nitrogen and oxygen atoms in total. The molecule has 6 heteroatoms. The summed E-state index contributed by atoms with van der Waals surface area (Å²) in [5.41, 5.74) is 2.62. The molecule has 0 unspecified atom stereocenters. The lowest BCUT2D eigenvalue weighted by atomic mass is 10.1. The quantitative estimate of drug-likeness (QED) is 0.879. The van der Waals surface area contributed by atoms with Gasteiger partial charge in [-0.2, -0.15) is 0 Å². The van der Waals surface area contributed by atoms with E-state index in [-0.39, 0.29) is 11.9 Å². The van der Waals surface area contributed by atoms with E-state index in [1.807, 2.05) is 26.8 Å². The number of hydrogen-bond donors (Lipinski definition) is 2. The van der Waals surface area contributed by atoms with Gasteiger partial charge in [0.1, 0.15) is 18.2 Å². The molecule has 0 aliphatic heterocycles. The van der Waals surface area contributed by atoms with Gasteiger partial charge in [-0.15, -0.1) is 0 Å². The molecule has 2 aromatic heterocycles. The van der Waals surface area contributed by atoms with Crippen LogP contribution in [0.2, 0.25) is 0 Å². The van der Waals surface area contributed by atoms with Crippen molar-refractivity contribution < 1.29 is 4.79 Å². The van der Waals surface area contributed by atoms with Crippen molar-refractivity contribution in [2.45, 2.75) is 39.7 Å². The first-order valence-corrected chi connectivity index (χ1v) is 7.14. The summed E-state index contributed by atoms with van der Waals surface area (Å²) in [6, 6.07) is 1.68. The minimum absolute atomic E-state index is 0.0404. The number of carbonyl (C=O) groups excluding carboxylic acids is 1. The van der Waals surface area contributed by atoms with Crippen LogP contribution in [0.15, 0.2) is 12.4 Å². The fourth-order valence-electron chi connectivity index (χ4n) is 2.42. The van der Waals surface area contributed by atoms with E-state index in [1.165, 1.54) is 6.33 Å². The number of fused-ring (bicyclic) bond motifs is 1. The first-order chi connectivity index (χ1) is 10.1. The van der Waals surface area contributed by atoms with Crippen molar-refractivity contribution in [1.82, 2.24) is 20.3 Å². The van der Waals surface area contributed by atoms with Crippen molar-refractivity contribution in [2.24, 2.45) is 0 Å². The molecule has 2 aromatic rings. The summed E-state index contributed by atoms with van der Waals surface area (Å²) in [4.78, 5) is 24.9. The predicted octanol–water partition coefficient (Wildman–Crippen LogP) is 1.97. The minimum atomic E-state index is -0.307. The summed E-state index contributed by atoms with van der Waals surface area (Å²) in [6.45, 7) is 5.98. The number of nitrogens with one attached hydrogen (secondary N) is 2. The Balaban J connectivity index is 2.44. The minimum Gasteiger partial charge on any atom is -0.358 e. The van der Waals surface area contributed by atoms with Gasteiger partial charge in [0.15, 0.2) is 5.65 Å². The van der Waals surface area contributed by atoms with Gasteiger partial charge in [0.05, 0.1) is 5.39 Å². The number of carbonyl (C=O) groups is 1. The molecule has 0 fully saturated rings. The number of likely N-dealkylation sites (N-methyl/N-ethyl adjacent to an activating group) is 1. The molecule has 1 amide bonds. The molecule has 0 spiro atoms. The largest absolute Gasteiger partial charge is 0.358 e. The third-order valence-electron chi connectivity index (χ3n) is 3.38. The fraction of sp³-hybridized carbons (Fsp3) is 0.467. The molecule has 21 heavy (non-hydrogen) atoms. The summed E-state index contributed by atoms with van der Waals surface area (Å²) in [7, 11) is 1.64. The average Bonchev–Trinajstić information content (AvgIpc) is 2.45. The summed E-state index contributed by atoms with van der Waals surface area (Å²) in [5.74, 6) is 0.619. The van der Waals surface area contributed by atoms with E-state index in [1.54, 1.807) is 7.05 Å². The highest BCUT2D eigenvalue weighted by Crippen LogP contribution is 2.23. The number of pyridine rings is 1. The molecule has 0 aromatic carbocycles. The van der Waals surface area contributed by atoms with Gasteiger partial charge in [0.25, 0.3) is 0 Å². The lowest BCUT2D eigenvalue weighted by Crippen LogP contribution is -2.38. The van der Waals surface area contributed by atoms with Gasteiger partial charge < -0.3 is 10.6 Å². The molecular weight excluding hydrogens is 266 g/mol. The first kappa shape index (κ1) is 15.2. The second-order valence-corrected chi connectivity index (χ2v) is 5.10. The SMILES string of the molecule is CCC[C@H](Nc1ncnc2nc(C)cc(C)c12)C(=O)NC. The topological polar surface area (TPSA) is 79.8 Å². The number of hydrogen-bond acceptors (Lipinski definition) is 5. The molecule has 2 heterocycles. The molecule has 0 aliphatic rings. The highest BCUT2D eigenvalue weighted by atomic mass is 16.2. The van der Waals surface area contributed by atoms with Crippen LogP contribution < -0.4 is 10.6 Å². The van der Waals surface area contributed by atoms with Crippen molar-refractivity contribution in [3.05, 3.63) is 23.7 Å². The molecule has 1 atom stereocenters. The standard InChI is InChI=1S/C15H21N5O/c1-5-6-11(15(21)16-4)20-14-12-9(2)7-10(3)19-13(12)17-8-18-14/h7-8,11H,5-6H2,1-4H3,(H,16,21)(H,17,18,19,20)/t11-/m0/s1. The van der Waals surface area contributed by atoms with Crippen LogP contribution in [0.4, 0.5) is 5.82 Å². The number of anilines is 1. The maximum atomic E-state index is 11.9. The smallest absolute Gasteiger partial charge is 0.242 e. The molecule has 0 radical (unpaired) electrons. The van der Waals surface area contributed by atoms with Gasteiger partial charge in [-0.1, -0.05) is 13.3 Å². The number of nitrogens with zero attached hydrogens (tertiary/aromatic N) is 3. The van der Waals surface area contributed by atoms with E-state index in [9.17, 15) is 4.79 Å². The number of aromatic nitrogens is 3. The predicted molar refractivity (Wildman–Crippen MR) is 83.2 cm³/mol. The van der Waals surface area contributed by atoms with Crippen molar-refractivity contribution >= 4 is 22.8 Å². The zero-order valence-corrected chi connectivity index (χ0v) is 12.9. The molecule has 0 bridgehead atoms. The highest BCUT2D eigenvalue weighted by molar-refractivity contribution is 5.92.